The molecule has 9 N–H and O–H groups in total. The van der Waals surface area contributed by atoms with E-state index in [0.717, 1.165) is 0 Å². The Kier molecular flexibility index (Phi) is 20.2. The van der Waals surface area contributed by atoms with Crippen LogP contribution in [0.4, 0.5) is 0 Å². The molecule has 346 valence electrons. The molecule has 0 spiro atoms. The van der Waals surface area contributed by atoms with Gasteiger partial charge < -0.3 is 52.2 Å². The molecule has 2 aromatic carbocycles. The summed E-state index contributed by atoms with van der Waals surface area (Å²) in [4.78, 5) is 111. The number of aliphatic hydroxyl groups is 2. The van der Waals surface area contributed by atoms with Gasteiger partial charge in [-0.3, -0.25) is 33.6 Å². The molecule has 0 bridgehead atoms. The molecule has 0 saturated carbocycles. The summed E-state index contributed by atoms with van der Waals surface area (Å²) < 4.78 is 5.61. The quantitative estimate of drug-likeness (QED) is 0.113. The zero-order chi connectivity index (χ0) is 47.0. The highest BCUT2D eigenvalue weighted by Crippen LogP contribution is 2.14. The Morgan fingerprint density at radius 2 is 1.11 bits per heavy atom. The van der Waals surface area contributed by atoms with Crippen LogP contribution in [-0.4, -0.2) is 119 Å². The molecule has 0 radical (unpaired) electrons. The molecule has 18 nitrogen and oxygen atoms in total. The Morgan fingerprint density at radius 1 is 0.635 bits per heavy atom. The minimum atomic E-state index is -1.79. The molecule has 1 aliphatic heterocycles. The highest BCUT2D eigenvalue weighted by Gasteiger charge is 2.39. The van der Waals surface area contributed by atoms with Crippen LogP contribution in [0.5, 0.6) is 0 Å². The first-order valence-electron chi connectivity index (χ1n) is 21.4. The van der Waals surface area contributed by atoms with Gasteiger partial charge in [0.1, 0.15) is 42.4 Å². The zero-order valence-corrected chi connectivity index (χ0v) is 37.3. The van der Waals surface area contributed by atoms with Crippen LogP contribution in [0, 0.1) is 17.8 Å². The second-order valence-electron chi connectivity index (χ2n) is 17.1. The number of amides is 7. The first-order valence-corrected chi connectivity index (χ1v) is 21.4. The van der Waals surface area contributed by atoms with Crippen molar-refractivity contribution in [1.29, 1.82) is 0 Å². The predicted octanol–water partition coefficient (Wildman–Crippen LogP) is -0.0680. The van der Waals surface area contributed by atoms with Crippen LogP contribution in [0.15, 0.2) is 60.7 Å². The lowest BCUT2D eigenvalue weighted by Gasteiger charge is -2.30. The molecule has 18 heteroatoms. The van der Waals surface area contributed by atoms with E-state index in [9.17, 15) is 48.6 Å². The zero-order valence-electron chi connectivity index (χ0n) is 37.3. The van der Waals surface area contributed by atoms with Crippen molar-refractivity contribution >= 4 is 47.3 Å². The van der Waals surface area contributed by atoms with E-state index in [4.69, 9.17) is 4.74 Å². The number of hydrogen-bond acceptors (Lipinski definition) is 11. The van der Waals surface area contributed by atoms with E-state index in [0.29, 0.717) is 11.1 Å². The monoisotopic (exact) mass is 879 g/mol. The fraction of sp³-hybridized carbons (Fsp3) is 0.556. The number of carbonyl (C=O) groups excluding carboxylic acids is 8. The number of aliphatic hydroxyl groups excluding tert-OH is 2. The molecule has 9 atom stereocenters. The standard InChI is InChI=1S/C45H65N7O11/c1-24(2)19-31-39(56)48-33(21-29-15-11-9-12-16-29)40(57)47-32(20-25(3)4)41(58)51-36(27(7)54)43(60)50-35(23-53)45(62)63-28(8)37(44(61)49-31)52-42(59)34(46-38(55)26(5)6)22-30-17-13-10-14-18-30/h9-18,24-28,31-37,53-54H,19-23H2,1-8H3,(H,46,55)(H,47,57)(H,48,56)(H,49,61)(H,50,60)(H,51,58)(H,52,59). The fourth-order valence-corrected chi connectivity index (χ4v) is 6.75. The number of hydrogen-bond donors (Lipinski definition) is 9. The van der Waals surface area contributed by atoms with Crippen LogP contribution in [0.2, 0.25) is 0 Å². The third-order valence-corrected chi connectivity index (χ3v) is 10.2. The van der Waals surface area contributed by atoms with Gasteiger partial charge in [0.15, 0.2) is 6.04 Å². The van der Waals surface area contributed by atoms with Gasteiger partial charge in [-0.1, -0.05) is 102 Å². The van der Waals surface area contributed by atoms with Gasteiger partial charge in [0, 0.05) is 18.8 Å². The van der Waals surface area contributed by atoms with Gasteiger partial charge in [-0.15, -0.1) is 0 Å². The lowest BCUT2D eigenvalue weighted by Crippen LogP contribution is -2.62. The van der Waals surface area contributed by atoms with Gasteiger partial charge in [0.25, 0.3) is 0 Å². The fourth-order valence-electron chi connectivity index (χ4n) is 6.75. The average molecular weight is 880 g/mol. The van der Waals surface area contributed by atoms with Gasteiger partial charge in [-0.2, -0.15) is 0 Å². The highest BCUT2D eigenvalue weighted by molar-refractivity contribution is 5.98. The number of esters is 1. The van der Waals surface area contributed by atoms with E-state index in [1.54, 1.807) is 102 Å². The summed E-state index contributed by atoms with van der Waals surface area (Å²) in [5.41, 5.74) is 1.33. The Morgan fingerprint density at radius 3 is 1.62 bits per heavy atom. The van der Waals surface area contributed by atoms with Crippen molar-refractivity contribution in [1.82, 2.24) is 37.2 Å². The maximum Gasteiger partial charge on any atom is 0.331 e. The topological polar surface area (TPSA) is 270 Å². The molecule has 1 heterocycles. The van der Waals surface area contributed by atoms with Crippen LogP contribution in [0.3, 0.4) is 0 Å². The smallest absolute Gasteiger partial charge is 0.331 e. The van der Waals surface area contributed by atoms with E-state index in [-0.39, 0.29) is 37.5 Å². The molecule has 1 fully saturated rings. The maximum atomic E-state index is 14.4. The molecule has 1 saturated heterocycles. The van der Waals surface area contributed by atoms with Crippen molar-refractivity contribution in [3.05, 3.63) is 71.8 Å². The van der Waals surface area contributed by atoms with Gasteiger partial charge in [-0.05, 0) is 49.7 Å². The van der Waals surface area contributed by atoms with Crippen molar-refractivity contribution in [2.75, 3.05) is 6.61 Å². The first-order chi connectivity index (χ1) is 29.7. The minimum absolute atomic E-state index is 0.00845. The van der Waals surface area contributed by atoms with E-state index >= 15 is 0 Å². The van der Waals surface area contributed by atoms with Crippen molar-refractivity contribution in [2.45, 2.75) is 136 Å². The Bertz CT molecular complexity index is 1880. The number of nitrogens with one attached hydrogen (secondary N) is 7. The molecular formula is C45H65N7O11. The SMILES string of the molecule is CC(C)CC1NC(=O)C(Cc2ccccc2)NC(=O)C(CC(C)C)NC(=O)C(NC(=O)C(Cc2ccccc2)NC(=O)C(C)C)C(C)OC(=O)C(CO)NC(=O)C(C(C)O)NC1=O. The Balaban J connectivity index is 2.16. The minimum Gasteiger partial charge on any atom is -0.458 e. The first kappa shape index (κ1) is 51.5. The van der Waals surface area contributed by atoms with E-state index < -0.39 is 114 Å². The lowest BCUT2D eigenvalue weighted by atomic mass is 9.99. The second-order valence-corrected chi connectivity index (χ2v) is 17.1. The largest absolute Gasteiger partial charge is 0.458 e. The summed E-state index contributed by atoms with van der Waals surface area (Å²) in [5.74, 6) is -7.89. The molecule has 0 aromatic heterocycles. The van der Waals surface area contributed by atoms with E-state index in [1.807, 2.05) is 0 Å². The number of carbonyl (C=O) groups is 8. The van der Waals surface area contributed by atoms with Crippen molar-refractivity contribution in [3.8, 4) is 0 Å². The second kappa shape index (κ2) is 24.7. The van der Waals surface area contributed by atoms with Gasteiger partial charge in [0.2, 0.25) is 41.4 Å². The van der Waals surface area contributed by atoms with Gasteiger partial charge in [0.05, 0.1) is 12.7 Å². The summed E-state index contributed by atoms with van der Waals surface area (Å²) in [6, 6.07) is 7.22. The molecule has 63 heavy (non-hydrogen) atoms. The number of ether oxygens (including phenoxy) is 1. The van der Waals surface area contributed by atoms with Crippen LogP contribution in [0.1, 0.15) is 79.4 Å². The molecule has 3 rings (SSSR count). The van der Waals surface area contributed by atoms with Crippen molar-refractivity contribution in [3.63, 3.8) is 0 Å². The summed E-state index contributed by atoms with van der Waals surface area (Å²) in [7, 11) is 0. The van der Waals surface area contributed by atoms with E-state index in [1.165, 1.54) is 13.8 Å². The normalized spacial score (nSPS) is 24.3. The maximum absolute atomic E-state index is 14.4. The molecule has 2 aromatic rings. The number of cyclic esters (lactones) is 1. The third-order valence-electron chi connectivity index (χ3n) is 10.2. The van der Waals surface area contributed by atoms with E-state index in [2.05, 4.69) is 37.2 Å². The summed E-state index contributed by atoms with van der Waals surface area (Å²) in [6.45, 7) is 11.9. The molecule has 0 aliphatic carbocycles. The van der Waals surface area contributed by atoms with Crippen molar-refractivity contribution < 1.29 is 53.3 Å². The van der Waals surface area contributed by atoms with Crippen LogP contribution < -0.4 is 37.2 Å². The summed E-state index contributed by atoms with van der Waals surface area (Å²) in [6.07, 6.45) is -2.99. The number of rotatable bonds is 14. The Hall–Kier alpha value is -5.88. The van der Waals surface area contributed by atoms with Crippen LogP contribution >= 0.6 is 0 Å². The molecule has 1 aliphatic rings. The number of benzene rings is 2. The summed E-state index contributed by atoms with van der Waals surface area (Å²) in [5, 5.41) is 39.0. The van der Waals surface area contributed by atoms with Crippen molar-refractivity contribution in [2.24, 2.45) is 17.8 Å². The predicted molar refractivity (Wildman–Crippen MR) is 232 cm³/mol. The highest BCUT2D eigenvalue weighted by atomic mass is 16.5. The van der Waals surface area contributed by atoms with Gasteiger partial charge >= 0.3 is 5.97 Å². The van der Waals surface area contributed by atoms with Gasteiger partial charge in [-0.25, -0.2) is 4.79 Å². The third kappa shape index (κ3) is 16.4. The average Bonchev–Trinajstić information content (AvgIpc) is 3.22. The molecular weight excluding hydrogens is 815 g/mol. The van der Waals surface area contributed by atoms with Crippen LogP contribution in [-0.2, 0) is 55.9 Å². The van der Waals surface area contributed by atoms with Crippen LogP contribution in [0.25, 0.3) is 0 Å². The molecule has 9 unspecified atom stereocenters. The molecule has 7 amide bonds. The lowest BCUT2D eigenvalue weighted by molar-refractivity contribution is -0.157. The Labute approximate surface area is 368 Å². The summed E-state index contributed by atoms with van der Waals surface area (Å²) >= 11 is 0.